The Labute approximate surface area is 94.8 Å². The Balaban J connectivity index is 2.77. The largest absolute Gasteiger partial charge is 0.487 e. The Morgan fingerprint density at radius 3 is 2.18 bits per heavy atom. The van der Waals surface area contributed by atoms with Crippen molar-refractivity contribution in [1.29, 1.82) is 0 Å². The van der Waals surface area contributed by atoms with Gasteiger partial charge >= 0.3 is 0 Å². The monoisotopic (exact) mass is 253 g/mol. The van der Waals surface area contributed by atoms with Crippen molar-refractivity contribution in [3.05, 3.63) is 29.3 Å². The molecule has 0 radical (unpaired) electrons. The molecule has 0 spiro atoms. The first-order valence-corrected chi connectivity index (χ1v) is 4.79. The molecule has 0 saturated heterocycles. The SMILES string of the molecule is NC(CO)CCOc1c(F)c(F)cc(F)c1F. The predicted octanol–water partition coefficient (Wildman–Crippen LogP) is 1.33. The van der Waals surface area contributed by atoms with Gasteiger partial charge in [-0.3, -0.25) is 0 Å². The van der Waals surface area contributed by atoms with Crippen LogP contribution in [0, 0.1) is 23.3 Å². The van der Waals surface area contributed by atoms with Crippen LogP contribution in [0.5, 0.6) is 5.75 Å². The standard InChI is InChI=1S/C10H11F4NO2/c11-6-3-7(12)9(14)10(8(6)13)17-2-1-5(15)4-16/h3,5,16H,1-2,4,15H2. The van der Waals surface area contributed by atoms with Crippen LogP contribution in [-0.4, -0.2) is 24.4 Å². The molecular weight excluding hydrogens is 242 g/mol. The highest BCUT2D eigenvalue weighted by molar-refractivity contribution is 5.28. The fourth-order valence-electron chi connectivity index (χ4n) is 1.08. The molecule has 0 aliphatic carbocycles. The maximum absolute atomic E-state index is 13.1. The summed E-state index contributed by atoms with van der Waals surface area (Å²) in [6.45, 7) is -0.593. The zero-order valence-corrected chi connectivity index (χ0v) is 8.72. The van der Waals surface area contributed by atoms with Gasteiger partial charge in [-0.25, -0.2) is 8.78 Å². The minimum atomic E-state index is -1.60. The summed E-state index contributed by atoms with van der Waals surface area (Å²) in [5.74, 6) is -7.38. The normalized spacial score (nSPS) is 12.6. The van der Waals surface area contributed by atoms with E-state index in [4.69, 9.17) is 10.8 Å². The maximum Gasteiger partial charge on any atom is 0.203 e. The van der Waals surface area contributed by atoms with E-state index in [2.05, 4.69) is 4.74 Å². The van der Waals surface area contributed by atoms with Crippen LogP contribution in [0.4, 0.5) is 17.6 Å². The molecule has 0 aliphatic heterocycles. The Morgan fingerprint density at radius 1 is 1.18 bits per heavy atom. The van der Waals surface area contributed by atoms with Crippen molar-refractivity contribution in [2.75, 3.05) is 13.2 Å². The van der Waals surface area contributed by atoms with Crippen LogP contribution >= 0.6 is 0 Å². The molecule has 1 aromatic rings. The van der Waals surface area contributed by atoms with E-state index in [0.717, 1.165) is 0 Å². The molecule has 96 valence electrons. The van der Waals surface area contributed by atoms with Crippen LogP contribution < -0.4 is 10.5 Å². The molecule has 1 unspecified atom stereocenters. The van der Waals surface area contributed by atoms with E-state index in [1.807, 2.05) is 0 Å². The first-order valence-electron chi connectivity index (χ1n) is 4.79. The fourth-order valence-corrected chi connectivity index (χ4v) is 1.08. The molecule has 0 heterocycles. The van der Waals surface area contributed by atoms with Gasteiger partial charge in [0.05, 0.1) is 13.2 Å². The highest BCUT2D eigenvalue weighted by Gasteiger charge is 2.20. The maximum atomic E-state index is 13.1. The second kappa shape index (κ2) is 5.83. The summed E-state index contributed by atoms with van der Waals surface area (Å²) >= 11 is 0. The first kappa shape index (κ1) is 13.7. The lowest BCUT2D eigenvalue weighted by atomic mass is 10.2. The van der Waals surface area contributed by atoms with Crippen molar-refractivity contribution < 1.29 is 27.4 Å². The lowest BCUT2D eigenvalue weighted by Gasteiger charge is -2.11. The summed E-state index contributed by atoms with van der Waals surface area (Å²) in [6.07, 6.45) is 0.0908. The second-order valence-electron chi connectivity index (χ2n) is 3.38. The van der Waals surface area contributed by atoms with Crippen LogP contribution in [-0.2, 0) is 0 Å². The number of nitrogens with two attached hydrogens (primary N) is 1. The van der Waals surface area contributed by atoms with Crippen molar-refractivity contribution in [1.82, 2.24) is 0 Å². The predicted molar refractivity (Wildman–Crippen MR) is 51.4 cm³/mol. The van der Waals surface area contributed by atoms with Gasteiger partial charge in [0.2, 0.25) is 11.6 Å². The Kier molecular flexibility index (Phi) is 4.71. The lowest BCUT2D eigenvalue weighted by Crippen LogP contribution is -2.26. The Hall–Kier alpha value is -1.34. The van der Waals surface area contributed by atoms with Crippen molar-refractivity contribution in [2.24, 2.45) is 5.73 Å². The summed E-state index contributed by atoms with van der Waals surface area (Å²) < 4.78 is 56.2. The third-order valence-electron chi connectivity index (χ3n) is 2.04. The van der Waals surface area contributed by atoms with E-state index in [9.17, 15) is 17.6 Å². The molecule has 3 nitrogen and oxygen atoms in total. The number of hydrogen-bond acceptors (Lipinski definition) is 3. The third-order valence-corrected chi connectivity index (χ3v) is 2.04. The van der Waals surface area contributed by atoms with Crippen molar-refractivity contribution in [2.45, 2.75) is 12.5 Å². The zero-order valence-electron chi connectivity index (χ0n) is 8.72. The van der Waals surface area contributed by atoms with Gasteiger partial charge in [0.15, 0.2) is 17.4 Å². The highest BCUT2D eigenvalue weighted by atomic mass is 19.2. The third kappa shape index (κ3) is 3.31. The average molecular weight is 253 g/mol. The van der Waals surface area contributed by atoms with Gasteiger partial charge < -0.3 is 15.6 Å². The minimum Gasteiger partial charge on any atom is -0.487 e. The number of rotatable bonds is 5. The molecule has 0 bridgehead atoms. The second-order valence-corrected chi connectivity index (χ2v) is 3.38. The summed E-state index contributed by atoms with van der Waals surface area (Å²) in [5, 5.41) is 8.58. The summed E-state index contributed by atoms with van der Waals surface area (Å²) in [7, 11) is 0. The minimum absolute atomic E-state index is 0.0908. The van der Waals surface area contributed by atoms with E-state index < -0.39 is 35.1 Å². The molecule has 7 heteroatoms. The highest BCUT2D eigenvalue weighted by Crippen LogP contribution is 2.26. The van der Waals surface area contributed by atoms with Gasteiger partial charge in [0, 0.05) is 12.1 Å². The molecule has 3 N–H and O–H groups in total. The van der Waals surface area contributed by atoms with Gasteiger partial charge in [0.1, 0.15) is 0 Å². The molecule has 1 atom stereocenters. The summed E-state index contributed by atoms with van der Waals surface area (Å²) in [5.41, 5.74) is 5.31. The van der Waals surface area contributed by atoms with E-state index >= 15 is 0 Å². The van der Waals surface area contributed by atoms with Gasteiger partial charge in [-0.05, 0) is 6.42 Å². The molecule has 0 aliphatic rings. The van der Waals surface area contributed by atoms with Crippen molar-refractivity contribution in [3.8, 4) is 5.75 Å². The Bertz CT molecular complexity index is 374. The van der Waals surface area contributed by atoms with Crippen molar-refractivity contribution >= 4 is 0 Å². The molecule has 17 heavy (non-hydrogen) atoms. The number of ether oxygens (including phenoxy) is 1. The fraction of sp³-hybridized carbons (Fsp3) is 0.400. The number of benzene rings is 1. The smallest absolute Gasteiger partial charge is 0.203 e. The number of aliphatic hydroxyl groups is 1. The topological polar surface area (TPSA) is 55.5 Å². The van der Waals surface area contributed by atoms with E-state index in [-0.39, 0.29) is 25.7 Å². The van der Waals surface area contributed by atoms with Crippen LogP contribution in [0.2, 0.25) is 0 Å². The van der Waals surface area contributed by atoms with Crippen LogP contribution in [0.25, 0.3) is 0 Å². The summed E-state index contributed by atoms with van der Waals surface area (Å²) in [4.78, 5) is 0. The molecular formula is C10H11F4NO2. The van der Waals surface area contributed by atoms with Gasteiger partial charge in [-0.2, -0.15) is 8.78 Å². The first-order chi connectivity index (χ1) is 7.97. The Morgan fingerprint density at radius 2 is 1.71 bits per heavy atom. The average Bonchev–Trinajstić information content (AvgIpc) is 2.30. The van der Waals surface area contributed by atoms with Gasteiger partial charge in [-0.1, -0.05) is 0 Å². The van der Waals surface area contributed by atoms with Crippen LogP contribution in [0.1, 0.15) is 6.42 Å². The van der Waals surface area contributed by atoms with Crippen LogP contribution in [0.3, 0.4) is 0 Å². The number of halogens is 4. The molecule has 1 rings (SSSR count). The van der Waals surface area contributed by atoms with Crippen molar-refractivity contribution in [3.63, 3.8) is 0 Å². The van der Waals surface area contributed by atoms with Gasteiger partial charge in [0.25, 0.3) is 0 Å². The lowest BCUT2D eigenvalue weighted by molar-refractivity contribution is 0.219. The van der Waals surface area contributed by atoms with E-state index in [0.29, 0.717) is 0 Å². The quantitative estimate of drug-likeness (QED) is 0.615. The summed E-state index contributed by atoms with van der Waals surface area (Å²) in [6, 6.07) is -0.531. The van der Waals surface area contributed by atoms with Gasteiger partial charge in [-0.15, -0.1) is 0 Å². The molecule has 0 amide bonds. The molecule has 0 aromatic heterocycles. The van der Waals surface area contributed by atoms with Crippen LogP contribution in [0.15, 0.2) is 6.07 Å². The number of hydrogen-bond donors (Lipinski definition) is 2. The molecule has 0 saturated carbocycles. The molecule has 1 aromatic carbocycles. The molecule has 0 fully saturated rings. The van der Waals surface area contributed by atoms with E-state index in [1.165, 1.54) is 0 Å². The zero-order chi connectivity index (χ0) is 13.0. The van der Waals surface area contributed by atoms with E-state index in [1.54, 1.807) is 0 Å². The number of aliphatic hydroxyl groups excluding tert-OH is 1.